The third kappa shape index (κ3) is 3.36. The molecule has 0 heterocycles. The van der Waals surface area contributed by atoms with Gasteiger partial charge in [0.1, 0.15) is 0 Å². The predicted octanol–water partition coefficient (Wildman–Crippen LogP) is 0.716. The minimum Gasteiger partial charge on any atom is -0.330 e. The topological polar surface area (TPSA) is 38.0 Å². The van der Waals surface area contributed by atoms with Crippen molar-refractivity contribution in [2.45, 2.75) is 0 Å². The fraction of sp³-hybridized carbons (Fsp3) is 0. The van der Waals surface area contributed by atoms with E-state index in [9.17, 15) is 0 Å². The highest BCUT2D eigenvalue weighted by atomic mass is 35.5. The Morgan fingerprint density at radius 2 is 2.43 bits per heavy atom. The van der Waals surface area contributed by atoms with Gasteiger partial charge in [-0.05, 0) is 6.08 Å². The van der Waals surface area contributed by atoms with E-state index in [0.29, 0.717) is 5.03 Å². The third-order valence-electron chi connectivity index (χ3n) is 0.416. The zero-order valence-corrected chi connectivity index (χ0v) is 4.57. The van der Waals surface area contributed by atoms with Crippen LogP contribution in [0.25, 0.3) is 0 Å². The first-order valence-corrected chi connectivity index (χ1v) is 2.13. The van der Waals surface area contributed by atoms with E-state index in [-0.39, 0.29) is 0 Å². The van der Waals surface area contributed by atoms with Crippen molar-refractivity contribution in [3.05, 3.63) is 23.9 Å². The molecule has 0 aromatic rings. The lowest BCUT2D eigenvalue weighted by Gasteiger charge is -1.84. The van der Waals surface area contributed by atoms with Crippen LogP contribution in [-0.2, 0) is 0 Å². The smallest absolute Gasteiger partial charge is 0.0570 e. The molecule has 0 atom stereocenters. The van der Waals surface area contributed by atoms with Crippen molar-refractivity contribution >= 4 is 11.6 Å². The molecule has 0 fully saturated rings. The third-order valence-corrected chi connectivity index (χ3v) is 0.680. The summed E-state index contributed by atoms with van der Waals surface area (Å²) >= 11 is 5.37. The SMILES string of the molecule is C=C/C(Cl)=C\NN. The normalized spacial score (nSPS) is 10.9. The van der Waals surface area contributed by atoms with E-state index in [1.54, 1.807) is 0 Å². The van der Waals surface area contributed by atoms with Gasteiger partial charge >= 0.3 is 0 Å². The molecule has 0 rings (SSSR count). The predicted molar refractivity (Wildman–Crippen MR) is 31.5 cm³/mol. The minimum atomic E-state index is 0.502. The van der Waals surface area contributed by atoms with Crippen LogP contribution in [0.3, 0.4) is 0 Å². The highest BCUT2D eigenvalue weighted by Crippen LogP contribution is 1.96. The lowest BCUT2D eigenvalue weighted by molar-refractivity contribution is 0.965. The van der Waals surface area contributed by atoms with Gasteiger partial charge in [0.05, 0.1) is 5.03 Å². The Hall–Kier alpha value is -0.470. The first-order valence-electron chi connectivity index (χ1n) is 1.75. The number of nitrogens with one attached hydrogen (secondary N) is 1. The second-order valence-corrected chi connectivity index (χ2v) is 1.34. The summed E-state index contributed by atoms with van der Waals surface area (Å²) in [6.07, 6.45) is 2.93. The summed E-state index contributed by atoms with van der Waals surface area (Å²) in [6, 6.07) is 0. The molecule has 0 bridgehead atoms. The molecule has 3 heteroatoms. The summed E-state index contributed by atoms with van der Waals surface area (Å²) in [4.78, 5) is 0. The average molecular weight is 119 g/mol. The van der Waals surface area contributed by atoms with Crippen molar-refractivity contribution in [3.63, 3.8) is 0 Å². The van der Waals surface area contributed by atoms with Crippen molar-refractivity contribution in [2.24, 2.45) is 5.84 Å². The van der Waals surface area contributed by atoms with Crippen LogP contribution in [0.1, 0.15) is 0 Å². The molecular weight excluding hydrogens is 112 g/mol. The lowest BCUT2D eigenvalue weighted by atomic mass is 10.6. The van der Waals surface area contributed by atoms with E-state index in [2.05, 4.69) is 12.0 Å². The summed E-state index contributed by atoms with van der Waals surface area (Å²) in [6.45, 7) is 3.38. The lowest BCUT2D eigenvalue weighted by Crippen LogP contribution is -2.13. The van der Waals surface area contributed by atoms with E-state index >= 15 is 0 Å². The van der Waals surface area contributed by atoms with E-state index in [1.807, 2.05) is 0 Å². The molecule has 0 unspecified atom stereocenters. The second kappa shape index (κ2) is 3.71. The van der Waals surface area contributed by atoms with Gasteiger partial charge in [-0.3, -0.25) is 5.84 Å². The van der Waals surface area contributed by atoms with Crippen molar-refractivity contribution in [2.75, 3.05) is 0 Å². The Morgan fingerprint density at radius 3 is 2.57 bits per heavy atom. The molecule has 0 aliphatic carbocycles. The van der Waals surface area contributed by atoms with Crippen molar-refractivity contribution in [1.29, 1.82) is 0 Å². The second-order valence-electron chi connectivity index (χ2n) is 0.900. The maximum atomic E-state index is 5.37. The molecule has 0 amide bonds. The standard InChI is InChI=1S/C4H7ClN2/c1-2-4(5)3-7-6/h2-3,7H,1,6H2/b4-3+. The highest BCUT2D eigenvalue weighted by Gasteiger charge is 1.74. The van der Waals surface area contributed by atoms with E-state index in [4.69, 9.17) is 17.4 Å². The van der Waals surface area contributed by atoms with Gasteiger partial charge in [0, 0.05) is 6.20 Å². The molecule has 0 aliphatic rings. The molecule has 0 aliphatic heterocycles. The minimum absolute atomic E-state index is 0.502. The molecule has 7 heavy (non-hydrogen) atoms. The zero-order valence-electron chi connectivity index (χ0n) is 3.82. The van der Waals surface area contributed by atoms with Gasteiger partial charge in [-0.1, -0.05) is 18.2 Å². The number of hydrazine groups is 1. The first-order chi connectivity index (χ1) is 3.31. The molecule has 0 saturated carbocycles. The van der Waals surface area contributed by atoms with Gasteiger partial charge in [-0.2, -0.15) is 0 Å². The Labute approximate surface area is 47.6 Å². The number of rotatable bonds is 2. The van der Waals surface area contributed by atoms with Gasteiger partial charge in [0.2, 0.25) is 0 Å². The molecule has 2 nitrogen and oxygen atoms in total. The highest BCUT2D eigenvalue weighted by molar-refractivity contribution is 6.31. The van der Waals surface area contributed by atoms with Gasteiger partial charge in [-0.15, -0.1) is 0 Å². The van der Waals surface area contributed by atoms with Gasteiger partial charge in [0.15, 0.2) is 0 Å². The van der Waals surface area contributed by atoms with Crippen LogP contribution in [0.4, 0.5) is 0 Å². The van der Waals surface area contributed by atoms with Gasteiger partial charge in [0.25, 0.3) is 0 Å². The summed E-state index contributed by atoms with van der Waals surface area (Å²) in [7, 11) is 0. The van der Waals surface area contributed by atoms with Gasteiger partial charge < -0.3 is 5.43 Å². The maximum absolute atomic E-state index is 5.37. The average Bonchev–Trinajstić information content (AvgIpc) is 1.68. The van der Waals surface area contributed by atoms with E-state index < -0.39 is 0 Å². The number of hydrogen-bond acceptors (Lipinski definition) is 2. The first kappa shape index (κ1) is 6.53. The number of nitrogens with two attached hydrogens (primary N) is 1. The quantitative estimate of drug-likeness (QED) is 0.319. The molecule has 0 aromatic heterocycles. The Balaban J connectivity index is 3.49. The summed E-state index contributed by atoms with van der Waals surface area (Å²) in [5, 5.41) is 0.502. The largest absolute Gasteiger partial charge is 0.330 e. The molecular formula is C4H7ClN2. The van der Waals surface area contributed by atoms with E-state index in [0.717, 1.165) is 0 Å². The fourth-order valence-electron chi connectivity index (χ4n) is 0.139. The number of halogens is 1. The molecule has 0 radical (unpaired) electrons. The molecule has 0 spiro atoms. The monoisotopic (exact) mass is 118 g/mol. The fourth-order valence-corrected chi connectivity index (χ4v) is 0.202. The van der Waals surface area contributed by atoms with Crippen LogP contribution in [0.2, 0.25) is 0 Å². The summed E-state index contributed by atoms with van der Waals surface area (Å²) in [5.41, 5.74) is 2.25. The Kier molecular flexibility index (Phi) is 3.46. The maximum Gasteiger partial charge on any atom is 0.0570 e. The van der Waals surface area contributed by atoms with E-state index in [1.165, 1.54) is 12.3 Å². The molecule has 3 N–H and O–H groups in total. The zero-order chi connectivity index (χ0) is 5.70. The van der Waals surface area contributed by atoms with Crippen molar-refractivity contribution < 1.29 is 0 Å². The Bertz CT molecular complexity index is 87.7. The summed E-state index contributed by atoms with van der Waals surface area (Å²) < 4.78 is 0. The van der Waals surface area contributed by atoms with Crippen LogP contribution >= 0.6 is 11.6 Å². The molecule has 40 valence electrons. The van der Waals surface area contributed by atoms with Crippen molar-refractivity contribution in [3.8, 4) is 0 Å². The Morgan fingerprint density at radius 1 is 1.86 bits per heavy atom. The molecule has 0 saturated heterocycles. The van der Waals surface area contributed by atoms with Crippen LogP contribution in [-0.4, -0.2) is 0 Å². The van der Waals surface area contributed by atoms with Crippen LogP contribution in [0, 0.1) is 0 Å². The van der Waals surface area contributed by atoms with Crippen LogP contribution in [0.5, 0.6) is 0 Å². The molecule has 0 aromatic carbocycles. The van der Waals surface area contributed by atoms with Crippen LogP contribution < -0.4 is 11.3 Å². The number of hydrogen-bond donors (Lipinski definition) is 2. The summed E-state index contributed by atoms with van der Waals surface area (Å²) in [5.74, 6) is 4.85. The van der Waals surface area contributed by atoms with Crippen molar-refractivity contribution in [1.82, 2.24) is 5.43 Å². The van der Waals surface area contributed by atoms with Gasteiger partial charge in [-0.25, -0.2) is 0 Å². The van der Waals surface area contributed by atoms with Crippen LogP contribution in [0.15, 0.2) is 23.9 Å². The number of allylic oxidation sites excluding steroid dienone is 2.